The Bertz CT molecular complexity index is 495. The van der Waals surface area contributed by atoms with E-state index in [9.17, 15) is 5.11 Å². The number of piperidine rings is 1. The minimum Gasteiger partial charge on any atom is -0.391 e. The van der Waals surface area contributed by atoms with Gasteiger partial charge in [-0.05, 0) is 18.9 Å². The molecule has 5 heteroatoms. The maximum absolute atomic E-state index is 9.63. The SMILES string of the molecule is O[C@H]1CCCN(c2ccn3nccc3n2)C1. The van der Waals surface area contributed by atoms with Gasteiger partial charge in [0.1, 0.15) is 5.82 Å². The van der Waals surface area contributed by atoms with Crippen LogP contribution in [-0.2, 0) is 0 Å². The average Bonchev–Trinajstić information content (AvgIpc) is 2.75. The molecule has 1 fully saturated rings. The topological polar surface area (TPSA) is 53.7 Å². The molecule has 0 radical (unpaired) electrons. The summed E-state index contributed by atoms with van der Waals surface area (Å²) in [6, 6.07) is 3.82. The van der Waals surface area contributed by atoms with Crippen molar-refractivity contribution in [1.82, 2.24) is 14.6 Å². The third kappa shape index (κ3) is 1.63. The number of aliphatic hydroxyl groups excluding tert-OH is 1. The number of fused-ring (bicyclic) bond motifs is 1. The van der Waals surface area contributed by atoms with E-state index < -0.39 is 0 Å². The minimum atomic E-state index is -0.225. The zero-order chi connectivity index (χ0) is 11.0. The van der Waals surface area contributed by atoms with Gasteiger partial charge in [-0.25, -0.2) is 9.50 Å². The Kier molecular flexibility index (Phi) is 2.25. The third-order valence-electron chi connectivity index (χ3n) is 2.96. The summed E-state index contributed by atoms with van der Waals surface area (Å²) < 4.78 is 1.74. The first-order chi connectivity index (χ1) is 7.83. The van der Waals surface area contributed by atoms with Crippen molar-refractivity contribution in [3.05, 3.63) is 24.5 Å². The molecule has 0 aliphatic carbocycles. The van der Waals surface area contributed by atoms with E-state index >= 15 is 0 Å². The van der Waals surface area contributed by atoms with Crippen LogP contribution in [0, 0.1) is 0 Å². The summed E-state index contributed by atoms with van der Waals surface area (Å²) in [6.07, 6.45) is 5.32. The van der Waals surface area contributed by atoms with Gasteiger partial charge in [-0.1, -0.05) is 0 Å². The molecular weight excluding hydrogens is 204 g/mol. The Hall–Kier alpha value is -1.62. The van der Waals surface area contributed by atoms with Crippen LogP contribution in [0.25, 0.3) is 5.65 Å². The van der Waals surface area contributed by atoms with Gasteiger partial charge in [0.15, 0.2) is 5.65 Å². The first kappa shape index (κ1) is 9.59. The highest BCUT2D eigenvalue weighted by Gasteiger charge is 2.18. The quantitative estimate of drug-likeness (QED) is 0.765. The average molecular weight is 218 g/mol. The Morgan fingerprint density at radius 1 is 1.38 bits per heavy atom. The van der Waals surface area contributed by atoms with Crippen molar-refractivity contribution in [1.29, 1.82) is 0 Å². The highest BCUT2D eigenvalue weighted by atomic mass is 16.3. The van der Waals surface area contributed by atoms with Crippen LogP contribution < -0.4 is 4.90 Å². The second-order valence-electron chi connectivity index (χ2n) is 4.16. The molecule has 0 amide bonds. The highest BCUT2D eigenvalue weighted by Crippen LogP contribution is 2.18. The molecule has 0 bridgehead atoms. The lowest BCUT2D eigenvalue weighted by molar-refractivity contribution is 0.154. The summed E-state index contributed by atoms with van der Waals surface area (Å²) in [5.74, 6) is 0.923. The number of aliphatic hydroxyl groups is 1. The van der Waals surface area contributed by atoms with E-state index in [0.717, 1.165) is 30.9 Å². The Morgan fingerprint density at radius 2 is 2.31 bits per heavy atom. The number of hydrogen-bond acceptors (Lipinski definition) is 4. The second-order valence-corrected chi connectivity index (χ2v) is 4.16. The lowest BCUT2D eigenvalue weighted by atomic mass is 10.1. The van der Waals surface area contributed by atoms with E-state index in [2.05, 4.69) is 15.0 Å². The second kappa shape index (κ2) is 3.75. The van der Waals surface area contributed by atoms with Gasteiger partial charge >= 0.3 is 0 Å². The predicted molar refractivity (Wildman–Crippen MR) is 60.4 cm³/mol. The van der Waals surface area contributed by atoms with Gasteiger partial charge < -0.3 is 10.0 Å². The van der Waals surface area contributed by atoms with Crippen LogP contribution in [-0.4, -0.2) is 38.9 Å². The van der Waals surface area contributed by atoms with E-state index in [4.69, 9.17) is 0 Å². The molecular formula is C11H14N4O. The predicted octanol–water partition coefficient (Wildman–Crippen LogP) is 0.690. The maximum Gasteiger partial charge on any atom is 0.157 e. The standard InChI is InChI=1S/C11H14N4O/c16-9-2-1-6-14(8-9)10-4-7-15-11(13-10)3-5-12-15/h3-5,7,9,16H,1-2,6,8H2/t9-/m0/s1. The fourth-order valence-corrected chi connectivity index (χ4v) is 2.14. The molecule has 0 unspecified atom stereocenters. The van der Waals surface area contributed by atoms with Crippen molar-refractivity contribution in [2.45, 2.75) is 18.9 Å². The van der Waals surface area contributed by atoms with Gasteiger partial charge in [-0.2, -0.15) is 5.10 Å². The zero-order valence-corrected chi connectivity index (χ0v) is 8.95. The smallest absolute Gasteiger partial charge is 0.157 e. The zero-order valence-electron chi connectivity index (χ0n) is 8.95. The van der Waals surface area contributed by atoms with E-state index in [0.29, 0.717) is 6.54 Å². The van der Waals surface area contributed by atoms with Crippen LogP contribution in [0.1, 0.15) is 12.8 Å². The summed E-state index contributed by atoms with van der Waals surface area (Å²) in [6.45, 7) is 1.64. The lowest BCUT2D eigenvalue weighted by Gasteiger charge is -2.30. The van der Waals surface area contributed by atoms with Crippen molar-refractivity contribution in [3.8, 4) is 0 Å². The fourth-order valence-electron chi connectivity index (χ4n) is 2.14. The number of rotatable bonds is 1. The summed E-state index contributed by atoms with van der Waals surface area (Å²) in [5.41, 5.74) is 0.845. The third-order valence-corrected chi connectivity index (χ3v) is 2.96. The summed E-state index contributed by atoms with van der Waals surface area (Å²) in [5, 5.41) is 13.7. The van der Waals surface area contributed by atoms with Crippen LogP contribution in [0.2, 0.25) is 0 Å². The summed E-state index contributed by atoms with van der Waals surface area (Å²) in [4.78, 5) is 6.63. The number of hydrogen-bond donors (Lipinski definition) is 1. The molecule has 1 aliphatic rings. The first-order valence-corrected chi connectivity index (χ1v) is 5.56. The number of anilines is 1. The van der Waals surface area contributed by atoms with Crippen LogP contribution in [0.3, 0.4) is 0 Å². The van der Waals surface area contributed by atoms with Crippen molar-refractivity contribution in [3.63, 3.8) is 0 Å². The van der Waals surface area contributed by atoms with E-state index in [1.807, 2.05) is 18.3 Å². The molecule has 3 rings (SSSR count). The molecule has 1 atom stereocenters. The normalized spacial score (nSPS) is 21.6. The van der Waals surface area contributed by atoms with Crippen LogP contribution in [0.4, 0.5) is 5.82 Å². The highest BCUT2D eigenvalue weighted by molar-refractivity contribution is 5.47. The maximum atomic E-state index is 9.63. The van der Waals surface area contributed by atoms with Gasteiger partial charge in [0.25, 0.3) is 0 Å². The molecule has 2 aromatic heterocycles. The van der Waals surface area contributed by atoms with Gasteiger partial charge in [-0.3, -0.25) is 0 Å². The summed E-state index contributed by atoms with van der Waals surface area (Å²) in [7, 11) is 0. The number of nitrogens with zero attached hydrogens (tertiary/aromatic N) is 4. The Morgan fingerprint density at radius 3 is 3.19 bits per heavy atom. The molecule has 3 heterocycles. The van der Waals surface area contributed by atoms with Gasteiger partial charge in [-0.15, -0.1) is 0 Å². The van der Waals surface area contributed by atoms with Gasteiger partial charge in [0.05, 0.1) is 12.3 Å². The van der Waals surface area contributed by atoms with Crippen LogP contribution >= 0.6 is 0 Å². The molecule has 84 valence electrons. The van der Waals surface area contributed by atoms with E-state index in [1.54, 1.807) is 10.7 Å². The fraction of sp³-hybridized carbons (Fsp3) is 0.455. The molecule has 5 nitrogen and oxygen atoms in total. The number of aromatic nitrogens is 3. The molecule has 1 aliphatic heterocycles. The lowest BCUT2D eigenvalue weighted by Crippen LogP contribution is -2.38. The Balaban J connectivity index is 1.92. The van der Waals surface area contributed by atoms with Crippen molar-refractivity contribution in [2.75, 3.05) is 18.0 Å². The van der Waals surface area contributed by atoms with Gasteiger partial charge in [0, 0.05) is 25.4 Å². The molecule has 16 heavy (non-hydrogen) atoms. The van der Waals surface area contributed by atoms with Crippen LogP contribution in [0.15, 0.2) is 24.5 Å². The molecule has 0 saturated carbocycles. The summed E-state index contributed by atoms with van der Waals surface area (Å²) >= 11 is 0. The molecule has 0 aromatic carbocycles. The molecule has 2 aromatic rings. The number of β-amino-alcohol motifs (C(OH)–C–C–N with tert-alkyl or cyclic N) is 1. The first-order valence-electron chi connectivity index (χ1n) is 5.56. The monoisotopic (exact) mass is 218 g/mol. The largest absolute Gasteiger partial charge is 0.391 e. The minimum absolute atomic E-state index is 0.225. The molecule has 0 spiro atoms. The molecule has 1 saturated heterocycles. The van der Waals surface area contributed by atoms with Crippen molar-refractivity contribution in [2.24, 2.45) is 0 Å². The van der Waals surface area contributed by atoms with Crippen molar-refractivity contribution >= 4 is 11.5 Å². The van der Waals surface area contributed by atoms with Gasteiger partial charge in [0.2, 0.25) is 0 Å². The van der Waals surface area contributed by atoms with Crippen molar-refractivity contribution < 1.29 is 5.11 Å². The van der Waals surface area contributed by atoms with Crippen LogP contribution in [0.5, 0.6) is 0 Å². The van der Waals surface area contributed by atoms with E-state index in [1.165, 1.54) is 0 Å². The molecule has 1 N–H and O–H groups in total. The Labute approximate surface area is 93.3 Å². The van der Waals surface area contributed by atoms with E-state index in [-0.39, 0.29) is 6.10 Å².